The molecule has 0 unspecified atom stereocenters. The normalized spacial score (nSPS) is 18.3. The molecule has 1 aliphatic heterocycles. The molecule has 19 heavy (non-hydrogen) atoms. The van der Waals surface area contributed by atoms with Gasteiger partial charge < -0.3 is 20.9 Å². The van der Waals surface area contributed by atoms with E-state index in [1.165, 1.54) is 4.90 Å². The van der Waals surface area contributed by atoms with Crippen LogP contribution in [0.3, 0.4) is 0 Å². The predicted molar refractivity (Wildman–Crippen MR) is 67.5 cm³/mol. The van der Waals surface area contributed by atoms with E-state index < -0.39 is 12.5 Å². The van der Waals surface area contributed by atoms with Crippen LogP contribution >= 0.6 is 0 Å². The number of anilines is 2. The first-order valence-electron chi connectivity index (χ1n) is 5.92. The quantitative estimate of drug-likeness (QED) is 0.662. The monoisotopic (exact) mass is 266 g/mol. The lowest BCUT2D eigenvalue weighted by Gasteiger charge is -2.13. The third-order valence-electron chi connectivity index (χ3n) is 2.80. The summed E-state index contributed by atoms with van der Waals surface area (Å²) in [5, 5.41) is 11.1. The standard InChI is InChI=1S/C12H15N3O4/c13-5-10-6-15(12(18)19-10)9-3-1-8(2-4-9)14-11(17)7-16/h1-4,10,16H,5-7,13H2,(H,14,17)/p+1/t10-/m0/s1. The average molecular weight is 266 g/mol. The minimum absolute atomic E-state index is 0.179. The van der Waals surface area contributed by atoms with Crippen LogP contribution in [0.15, 0.2) is 24.3 Å². The van der Waals surface area contributed by atoms with Crippen LogP contribution < -0.4 is 16.0 Å². The first-order valence-corrected chi connectivity index (χ1v) is 5.92. The molecule has 2 rings (SSSR count). The summed E-state index contributed by atoms with van der Waals surface area (Å²) < 4.78 is 5.11. The van der Waals surface area contributed by atoms with Crippen molar-refractivity contribution in [2.45, 2.75) is 6.10 Å². The lowest BCUT2D eigenvalue weighted by atomic mass is 10.2. The molecule has 5 N–H and O–H groups in total. The first kappa shape index (κ1) is 13.3. The van der Waals surface area contributed by atoms with Gasteiger partial charge in [-0.1, -0.05) is 0 Å². The second kappa shape index (κ2) is 5.68. The molecule has 0 aromatic heterocycles. The zero-order valence-corrected chi connectivity index (χ0v) is 10.3. The number of nitrogens with zero attached hydrogens (tertiary/aromatic N) is 1. The Bertz CT molecular complexity index is 474. The van der Waals surface area contributed by atoms with Gasteiger partial charge in [-0.3, -0.25) is 9.69 Å². The number of carbonyl (C=O) groups excluding carboxylic acids is 2. The lowest BCUT2D eigenvalue weighted by molar-refractivity contribution is -0.380. The number of hydrogen-bond donors (Lipinski definition) is 3. The topological polar surface area (TPSA) is 107 Å². The minimum atomic E-state index is -0.564. The van der Waals surface area contributed by atoms with Gasteiger partial charge in [-0.05, 0) is 24.3 Å². The van der Waals surface area contributed by atoms with Crippen LogP contribution in [-0.2, 0) is 9.53 Å². The molecule has 0 spiro atoms. The Morgan fingerprint density at radius 3 is 2.68 bits per heavy atom. The third-order valence-corrected chi connectivity index (χ3v) is 2.80. The fourth-order valence-electron chi connectivity index (χ4n) is 1.81. The van der Waals surface area contributed by atoms with Crippen LogP contribution in [0.1, 0.15) is 0 Å². The second-order valence-electron chi connectivity index (χ2n) is 4.16. The molecule has 7 nitrogen and oxygen atoms in total. The lowest BCUT2D eigenvalue weighted by Crippen LogP contribution is -2.56. The molecule has 1 aliphatic rings. The van der Waals surface area contributed by atoms with Gasteiger partial charge in [-0.25, -0.2) is 4.79 Å². The zero-order chi connectivity index (χ0) is 13.8. The summed E-state index contributed by atoms with van der Waals surface area (Å²) >= 11 is 0. The Morgan fingerprint density at radius 2 is 2.16 bits per heavy atom. The molecule has 1 saturated heterocycles. The van der Waals surface area contributed by atoms with Crippen molar-refractivity contribution in [3.05, 3.63) is 24.3 Å². The highest BCUT2D eigenvalue weighted by Crippen LogP contribution is 2.22. The van der Waals surface area contributed by atoms with E-state index in [-0.39, 0.29) is 12.2 Å². The molecule has 2 amide bonds. The maximum absolute atomic E-state index is 11.6. The van der Waals surface area contributed by atoms with Gasteiger partial charge in [-0.2, -0.15) is 0 Å². The number of quaternary nitrogens is 1. The molecule has 0 aliphatic carbocycles. The van der Waals surface area contributed by atoms with Gasteiger partial charge in [0, 0.05) is 11.4 Å². The predicted octanol–water partition coefficient (Wildman–Crippen LogP) is -0.815. The van der Waals surface area contributed by atoms with E-state index in [0.29, 0.717) is 24.5 Å². The summed E-state index contributed by atoms with van der Waals surface area (Å²) in [6.07, 6.45) is -0.568. The Hall–Kier alpha value is -2.12. The maximum atomic E-state index is 11.6. The fourth-order valence-corrected chi connectivity index (χ4v) is 1.81. The Kier molecular flexibility index (Phi) is 3.98. The van der Waals surface area contributed by atoms with E-state index in [0.717, 1.165) is 0 Å². The molecule has 0 radical (unpaired) electrons. The number of amides is 2. The van der Waals surface area contributed by atoms with Crippen LogP contribution in [-0.4, -0.2) is 42.9 Å². The molecule has 102 valence electrons. The summed E-state index contributed by atoms with van der Waals surface area (Å²) in [6.45, 7) is 0.447. The number of aliphatic hydroxyl groups is 1. The molecule has 0 saturated carbocycles. The largest absolute Gasteiger partial charge is 0.438 e. The van der Waals surface area contributed by atoms with Gasteiger partial charge in [0.2, 0.25) is 5.91 Å². The van der Waals surface area contributed by atoms with E-state index in [1.807, 2.05) is 0 Å². The van der Waals surface area contributed by atoms with Crippen LogP contribution in [0.5, 0.6) is 0 Å². The van der Waals surface area contributed by atoms with Crippen molar-refractivity contribution in [2.24, 2.45) is 0 Å². The van der Waals surface area contributed by atoms with Gasteiger partial charge in [-0.15, -0.1) is 0 Å². The van der Waals surface area contributed by atoms with Crippen molar-refractivity contribution >= 4 is 23.4 Å². The molecule has 1 aromatic carbocycles. The summed E-state index contributed by atoms with van der Waals surface area (Å²) in [7, 11) is 0. The van der Waals surface area contributed by atoms with Crippen molar-refractivity contribution in [3.63, 3.8) is 0 Å². The zero-order valence-electron chi connectivity index (χ0n) is 10.3. The van der Waals surface area contributed by atoms with Crippen LogP contribution in [0, 0.1) is 0 Å². The molecule has 1 heterocycles. The van der Waals surface area contributed by atoms with Gasteiger partial charge in [0.05, 0.1) is 6.54 Å². The highest BCUT2D eigenvalue weighted by atomic mass is 16.6. The number of aliphatic hydroxyl groups excluding tert-OH is 1. The van der Waals surface area contributed by atoms with Crippen LogP contribution in [0.4, 0.5) is 16.2 Å². The van der Waals surface area contributed by atoms with Crippen LogP contribution in [0.2, 0.25) is 0 Å². The fraction of sp³-hybridized carbons (Fsp3) is 0.333. The molecule has 7 heteroatoms. The SMILES string of the molecule is [NH3+]C[C@H]1CN(c2ccc(NC(=O)CO)cc2)C(=O)O1. The number of hydrogen-bond acceptors (Lipinski definition) is 4. The Morgan fingerprint density at radius 1 is 1.47 bits per heavy atom. The van der Waals surface area contributed by atoms with E-state index in [1.54, 1.807) is 24.3 Å². The summed E-state index contributed by atoms with van der Waals surface area (Å²) in [5.41, 5.74) is 4.97. The first-order chi connectivity index (χ1) is 9.13. The smallest absolute Gasteiger partial charge is 0.414 e. The molecular weight excluding hydrogens is 250 g/mol. The summed E-state index contributed by atoms with van der Waals surface area (Å²) in [5.74, 6) is -0.481. The summed E-state index contributed by atoms with van der Waals surface area (Å²) in [6, 6.07) is 6.74. The van der Waals surface area contributed by atoms with Gasteiger partial charge in [0.25, 0.3) is 0 Å². The number of benzene rings is 1. The number of carbonyl (C=O) groups is 2. The Balaban J connectivity index is 2.06. The van der Waals surface area contributed by atoms with Crippen molar-refractivity contribution in [3.8, 4) is 0 Å². The highest BCUT2D eigenvalue weighted by molar-refractivity contribution is 5.93. The van der Waals surface area contributed by atoms with Crippen molar-refractivity contribution in [1.29, 1.82) is 0 Å². The van der Waals surface area contributed by atoms with E-state index in [9.17, 15) is 9.59 Å². The van der Waals surface area contributed by atoms with Crippen molar-refractivity contribution in [2.75, 3.05) is 29.9 Å². The number of ether oxygens (including phenoxy) is 1. The minimum Gasteiger partial charge on any atom is -0.438 e. The number of nitrogens with one attached hydrogen (secondary N) is 1. The molecule has 1 fully saturated rings. The molecule has 1 atom stereocenters. The average Bonchev–Trinajstić information content (AvgIpc) is 2.81. The van der Waals surface area contributed by atoms with E-state index in [4.69, 9.17) is 9.84 Å². The van der Waals surface area contributed by atoms with Crippen molar-refractivity contribution in [1.82, 2.24) is 0 Å². The third kappa shape index (κ3) is 3.01. The van der Waals surface area contributed by atoms with Gasteiger partial charge >= 0.3 is 6.09 Å². The van der Waals surface area contributed by atoms with Gasteiger partial charge in [0.1, 0.15) is 13.2 Å². The molecular formula is C12H16N3O4+. The Labute approximate surface area is 109 Å². The number of rotatable bonds is 4. The number of cyclic esters (lactones) is 1. The van der Waals surface area contributed by atoms with E-state index >= 15 is 0 Å². The molecule has 0 bridgehead atoms. The van der Waals surface area contributed by atoms with Crippen molar-refractivity contribution < 1.29 is 25.2 Å². The summed E-state index contributed by atoms with van der Waals surface area (Å²) in [4.78, 5) is 24.2. The second-order valence-corrected chi connectivity index (χ2v) is 4.16. The van der Waals surface area contributed by atoms with Crippen LogP contribution in [0.25, 0.3) is 0 Å². The molecule has 1 aromatic rings. The maximum Gasteiger partial charge on any atom is 0.414 e. The van der Waals surface area contributed by atoms with Gasteiger partial charge in [0.15, 0.2) is 6.10 Å². The van der Waals surface area contributed by atoms with E-state index in [2.05, 4.69) is 11.1 Å². The highest BCUT2D eigenvalue weighted by Gasteiger charge is 2.32.